The molecule has 134 valence electrons. The summed E-state index contributed by atoms with van der Waals surface area (Å²) in [6.45, 7) is 0.635. The third-order valence-electron chi connectivity index (χ3n) is 4.87. The largest absolute Gasteiger partial charge is 0.497 e. The van der Waals surface area contributed by atoms with Crippen molar-refractivity contribution >= 4 is 22.4 Å². The van der Waals surface area contributed by atoms with Gasteiger partial charge in [-0.05, 0) is 37.0 Å². The molecule has 1 amide bonds. The number of nitrogens with two attached hydrogens (primary N) is 1. The van der Waals surface area contributed by atoms with Crippen molar-refractivity contribution in [2.45, 2.75) is 43.9 Å². The van der Waals surface area contributed by atoms with Gasteiger partial charge in [-0.3, -0.25) is 4.79 Å². The van der Waals surface area contributed by atoms with E-state index < -0.39 is 5.41 Å². The van der Waals surface area contributed by atoms with Crippen LogP contribution in [0.5, 0.6) is 5.75 Å². The first-order chi connectivity index (χ1) is 12.1. The first kappa shape index (κ1) is 17.7. The van der Waals surface area contributed by atoms with Gasteiger partial charge in [0.05, 0.1) is 12.5 Å². The van der Waals surface area contributed by atoms with Gasteiger partial charge in [-0.15, -0.1) is 10.2 Å². The number of anilines is 1. The number of nitrogens with zero attached hydrogens (tertiary/aromatic N) is 2. The number of ether oxygens (including phenoxy) is 1. The van der Waals surface area contributed by atoms with E-state index in [1.807, 2.05) is 24.3 Å². The van der Waals surface area contributed by atoms with E-state index in [1.165, 1.54) is 11.3 Å². The summed E-state index contributed by atoms with van der Waals surface area (Å²) in [5.41, 5.74) is 6.26. The molecule has 0 spiro atoms. The molecular formula is C18H24N4O2S. The Bertz CT molecular complexity index is 708. The number of nitrogen functional groups attached to an aromatic ring is 1. The highest BCUT2D eigenvalue weighted by Gasteiger charge is 2.42. The van der Waals surface area contributed by atoms with Gasteiger partial charge in [0.2, 0.25) is 11.0 Å². The topological polar surface area (TPSA) is 90.1 Å². The number of hydrogen-bond acceptors (Lipinski definition) is 6. The Balaban J connectivity index is 1.60. The van der Waals surface area contributed by atoms with Gasteiger partial charge in [-0.2, -0.15) is 0 Å². The number of rotatable bonds is 7. The SMILES string of the molecule is COc1ccc(C2(C(=O)NCCCc3nnc(N)s3)CCCC2)cc1. The van der Waals surface area contributed by atoms with Crippen molar-refractivity contribution in [3.8, 4) is 5.75 Å². The fourth-order valence-corrected chi connectivity index (χ4v) is 4.16. The standard InChI is InChI=1S/C18H24N4O2S/c1-24-14-8-6-13(7-9-14)18(10-2-3-11-18)16(23)20-12-4-5-15-21-22-17(19)25-15/h6-9H,2-5,10-12H2,1H3,(H2,19,22)(H,20,23). The van der Waals surface area contributed by atoms with E-state index in [-0.39, 0.29) is 5.91 Å². The zero-order valence-electron chi connectivity index (χ0n) is 14.5. The van der Waals surface area contributed by atoms with Crippen LogP contribution in [-0.4, -0.2) is 29.8 Å². The van der Waals surface area contributed by atoms with E-state index in [0.717, 1.165) is 54.8 Å². The van der Waals surface area contributed by atoms with Crippen molar-refractivity contribution in [2.24, 2.45) is 0 Å². The lowest BCUT2D eigenvalue weighted by molar-refractivity contribution is -0.126. The molecule has 2 aromatic rings. The average molecular weight is 360 g/mol. The molecule has 7 heteroatoms. The molecule has 1 aliphatic rings. The molecule has 0 aliphatic heterocycles. The molecule has 0 radical (unpaired) electrons. The van der Waals surface area contributed by atoms with Gasteiger partial charge in [0, 0.05) is 13.0 Å². The molecular weight excluding hydrogens is 336 g/mol. The van der Waals surface area contributed by atoms with Crippen LogP contribution in [-0.2, 0) is 16.6 Å². The Hall–Kier alpha value is -2.15. The van der Waals surface area contributed by atoms with Crippen molar-refractivity contribution in [3.05, 3.63) is 34.8 Å². The fraction of sp³-hybridized carbons (Fsp3) is 0.500. The summed E-state index contributed by atoms with van der Waals surface area (Å²) < 4.78 is 5.23. The van der Waals surface area contributed by atoms with Crippen LogP contribution in [0.3, 0.4) is 0 Å². The molecule has 3 rings (SSSR count). The van der Waals surface area contributed by atoms with E-state index in [9.17, 15) is 4.79 Å². The lowest BCUT2D eigenvalue weighted by Gasteiger charge is -2.28. The molecule has 0 atom stereocenters. The minimum Gasteiger partial charge on any atom is -0.497 e. The maximum Gasteiger partial charge on any atom is 0.230 e. The number of carbonyl (C=O) groups excluding carboxylic acids is 1. The molecule has 1 aromatic carbocycles. The summed E-state index contributed by atoms with van der Waals surface area (Å²) in [6.07, 6.45) is 5.59. The molecule has 25 heavy (non-hydrogen) atoms. The highest BCUT2D eigenvalue weighted by atomic mass is 32.1. The number of methoxy groups -OCH3 is 1. The van der Waals surface area contributed by atoms with Gasteiger partial charge in [0.15, 0.2) is 0 Å². The summed E-state index contributed by atoms with van der Waals surface area (Å²) in [5, 5.41) is 12.3. The van der Waals surface area contributed by atoms with Crippen molar-refractivity contribution in [1.29, 1.82) is 0 Å². The van der Waals surface area contributed by atoms with Crippen LogP contribution in [0.2, 0.25) is 0 Å². The zero-order valence-corrected chi connectivity index (χ0v) is 15.3. The molecule has 1 fully saturated rings. The third-order valence-corrected chi connectivity index (χ3v) is 5.68. The van der Waals surface area contributed by atoms with Gasteiger partial charge in [-0.1, -0.05) is 36.3 Å². The minimum absolute atomic E-state index is 0.131. The second-order valence-corrected chi connectivity index (χ2v) is 7.50. The van der Waals surface area contributed by atoms with Crippen LogP contribution in [0.25, 0.3) is 0 Å². The van der Waals surface area contributed by atoms with Gasteiger partial charge in [0.1, 0.15) is 10.8 Å². The van der Waals surface area contributed by atoms with Crippen molar-refractivity contribution in [2.75, 3.05) is 19.4 Å². The van der Waals surface area contributed by atoms with Crippen LogP contribution < -0.4 is 15.8 Å². The van der Waals surface area contributed by atoms with Crippen molar-refractivity contribution < 1.29 is 9.53 Å². The molecule has 1 aromatic heterocycles. The van der Waals surface area contributed by atoms with Gasteiger partial charge in [0.25, 0.3) is 0 Å². The number of aromatic nitrogens is 2. The predicted octanol–water partition coefficient (Wildman–Crippen LogP) is 2.69. The molecule has 6 nitrogen and oxygen atoms in total. The number of benzene rings is 1. The summed E-state index contributed by atoms with van der Waals surface area (Å²) in [6, 6.07) is 7.91. The minimum atomic E-state index is -0.403. The summed E-state index contributed by atoms with van der Waals surface area (Å²) in [5.74, 6) is 0.945. The highest BCUT2D eigenvalue weighted by Crippen LogP contribution is 2.41. The maximum atomic E-state index is 12.9. The number of hydrogen-bond donors (Lipinski definition) is 2. The third kappa shape index (κ3) is 3.92. The maximum absolute atomic E-state index is 12.9. The van der Waals surface area contributed by atoms with Gasteiger partial charge >= 0.3 is 0 Å². The number of carbonyl (C=O) groups is 1. The van der Waals surface area contributed by atoms with E-state index >= 15 is 0 Å². The molecule has 0 unspecified atom stereocenters. The molecule has 1 heterocycles. The Kier molecular flexibility index (Phi) is 5.53. The van der Waals surface area contributed by atoms with Crippen LogP contribution in [0.1, 0.15) is 42.7 Å². The van der Waals surface area contributed by atoms with E-state index in [0.29, 0.717) is 11.7 Å². The quantitative estimate of drug-likeness (QED) is 0.741. The van der Waals surface area contributed by atoms with Crippen molar-refractivity contribution in [3.63, 3.8) is 0 Å². The normalized spacial score (nSPS) is 15.9. The van der Waals surface area contributed by atoms with E-state index in [4.69, 9.17) is 10.5 Å². The van der Waals surface area contributed by atoms with Crippen LogP contribution >= 0.6 is 11.3 Å². The molecule has 3 N–H and O–H groups in total. The van der Waals surface area contributed by atoms with E-state index in [2.05, 4.69) is 15.5 Å². The van der Waals surface area contributed by atoms with Crippen LogP contribution in [0, 0.1) is 0 Å². The number of amides is 1. The van der Waals surface area contributed by atoms with Gasteiger partial charge < -0.3 is 15.8 Å². The molecule has 0 bridgehead atoms. The predicted molar refractivity (Wildman–Crippen MR) is 98.8 cm³/mol. The lowest BCUT2D eigenvalue weighted by atomic mass is 9.78. The summed E-state index contributed by atoms with van der Waals surface area (Å²) in [7, 11) is 1.65. The summed E-state index contributed by atoms with van der Waals surface area (Å²) in [4.78, 5) is 12.9. The zero-order chi connectivity index (χ0) is 17.7. The smallest absolute Gasteiger partial charge is 0.230 e. The molecule has 1 saturated carbocycles. The number of aryl methyl sites for hydroxylation is 1. The first-order valence-electron chi connectivity index (χ1n) is 8.65. The van der Waals surface area contributed by atoms with Crippen molar-refractivity contribution in [1.82, 2.24) is 15.5 Å². The second-order valence-electron chi connectivity index (χ2n) is 6.41. The highest BCUT2D eigenvalue weighted by molar-refractivity contribution is 7.15. The fourth-order valence-electron chi connectivity index (χ4n) is 3.51. The molecule has 1 aliphatic carbocycles. The lowest BCUT2D eigenvalue weighted by Crippen LogP contribution is -2.43. The second kappa shape index (κ2) is 7.82. The van der Waals surface area contributed by atoms with E-state index in [1.54, 1.807) is 7.11 Å². The number of nitrogens with one attached hydrogen (secondary N) is 1. The Morgan fingerprint density at radius 3 is 2.60 bits per heavy atom. The van der Waals surface area contributed by atoms with Crippen LogP contribution in [0.4, 0.5) is 5.13 Å². The Labute approximate surface area is 151 Å². The average Bonchev–Trinajstić information content (AvgIpc) is 3.28. The first-order valence-corrected chi connectivity index (χ1v) is 9.46. The molecule has 0 saturated heterocycles. The summed E-state index contributed by atoms with van der Waals surface area (Å²) >= 11 is 1.40. The van der Waals surface area contributed by atoms with Crippen LogP contribution in [0.15, 0.2) is 24.3 Å². The van der Waals surface area contributed by atoms with Gasteiger partial charge in [-0.25, -0.2) is 0 Å². The monoisotopic (exact) mass is 360 g/mol. The Morgan fingerprint density at radius 2 is 2.00 bits per heavy atom. The Morgan fingerprint density at radius 1 is 1.28 bits per heavy atom.